The zero-order chi connectivity index (χ0) is 24.1. The number of para-hydroxylation sites is 2. The lowest BCUT2D eigenvalue weighted by molar-refractivity contribution is -0.137. The molecule has 4 rings (SSSR count). The molecule has 3 aromatic carbocycles. The van der Waals surface area contributed by atoms with Gasteiger partial charge in [0.05, 0.1) is 11.8 Å². The second-order valence-corrected chi connectivity index (χ2v) is 8.28. The summed E-state index contributed by atoms with van der Waals surface area (Å²) >= 11 is 6.47. The number of amides is 3. The average molecular weight is 475 g/mol. The van der Waals surface area contributed by atoms with Gasteiger partial charge in [-0.1, -0.05) is 66.2 Å². The lowest BCUT2D eigenvalue weighted by Gasteiger charge is -2.27. The maximum atomic E-state index is 13.3. The van der Waals surface area contributed by atoms with E-state index in [1.165, 1.54) is 5.01 Å². The molecule has 0 aromatic heterocycles. The summed E-state index contributed by atoms with van der Waals surface area (Å²) in [5.41, 5.74) is 2.25. The SMILES string of the molecule is CC1=NN(C(=O)CC(=O)Nc2ccccc2)C(c2ccccc2Cl)C1C(=O)Nc1ccccc1. The van der Waals surface area contributed by atoms with Crippen molar-refractivity contribution >= 4 is 46.4 Å². The Balaban J connectivity index is 1.59. The lowest BCUT2D eigenvalue weighted by atomic mass is 9.89. The standard InChI is InChI=1S/C26H23ClN4O3/c1-17-24(26(34)29-19-12-6-3-7-13-19)25(20-14-8-9-15-21(20)27)31(30-17)23(33)16-22(32)28-18-10-4-2-5-11-18/h2-15,24-25H,16H2,1H3,(H,28,32)(H,29,34). The number of rotatable bonds is 6. The maximum absolute atomic E-state index is 13.3. The fourth-order valence-electron chi connectivity index (χ4n) is 3.92. The molecule has 1 aliphatic rings. The van der Waals surface area contributed by atoms with Gasteiger partial charge in [0, 0.05) is 16.4 Å². The molecule has 0 aliphatic carbocycles. The Kier molecular flexibility index (Phi) is 7.04. The van der Waals surface area contributed by atoms with Crippen LogP contribution in [0.2, 0.25) is 5.02 Å². The number of nitrogens with one attached hydrogen (secondary N) is 2. The Morgan fingerprint density at radius 1 is 0.853 bits per heavy atom. The molecule has 0 saturated heterocycles. The summed E-state index contributed by atoms with van der Waals surface area (Å²) in [4.78, 5) is 39.0. The average Bonchev–Trinajstić information content (AvgIpc) is 3.17. The Morgan fingerprint density at radius 3 is 2.03 bits per heavy atom. The minimum absolute atomic E-state index is 0.318. The number of hydrazone groups is 1. The van der Waals surface area contributed by atoms with Crippen LogP contribution in [0.4, 0.5) is 11.4 Å². The van der Waals surface area contributed by atoms with Gasteiger partial charge in [0.2, 0.25) is 11.8 Å². The molecule has 1 heterocycles. The quantitative estimate of drug-likeness (QED) is 0.499. The summed E-state index contributed by atoms with van der Waals surface area (Å²) in [6.45, 7) is 1.69. The van der Waals surface area contributed by atoms with Crippen LogP contribution in [-0.4, -0.2) is 28.4 Å². The molecule has 8 heteroatoms. The first-order chi connectivity index (χ1) is 16.4. The summed E-state index contributed by atoms with van der Waals surface area (Å²) in [6, 6.07) is 24.1. The lowest BCUT2D eigenvalue weighted by Crippen LogP contribution is -2.37. The largest absolute Gasteiger partial charge is 0.326 e. The number of hydrogen-bond donors (Lipinski definition) is 2. The van der Waals surface area contributed by atoms with Gasteiger partial charge in [-0.3, -0.25) is 14.4 Å². The first kappa shape index (κ1) is 23.2. The van der Waals surface area contributed by atoms with Crippen LogP contribution in [0, 0.1) is 5.92 Å². The Bertz CT molecular complexity index is 1230. The fraction of sp³-hybridized carbons (Fsp3) is 0.154. The second-order valence-electron chi connectivity index (χ2n) is 7.87. The molecule has 2 atom stereocenters. The van der Waals surface area contributed by atoms with E-state index in [0.29, 0.717) is 27.7 Å². The fourth-order valence-corrected chi connectivity index (χ4v) is 4.17. The molecule has 2 N–H and O–H groups in total. The first-order valence-corrected chi connectivity index (χ1v) is 11.1. The van der Waals surface area contributed by atoms with Crippen LogP contribution >= 0.6 is 11.6 Å². The monoisotopic (exact) mass is 474 g/mol. The van der Waals surface area contributed by atoms with Crippen molar-refractivity contribution in [2.75, 3.05) is 10.6 Å². The predicted octanol–water partition coefficient (Wildman–Crippen LogP) is 4.88. The minimum atomic E-state index is -0.783. The van der Waals surface area contributed by atoms with Crippen LogP contribution in [0.1, 0.15) is 24.9 Å². The third kappa shape index (κ3) is 5.15. The molecule has 0 bridgehead atoms. The number of anilines is 2. The molecule has 3 amide bonds. The molecule has 172 valence electrons. The van der Waals surface area contributed by atoms with Crippen molar-refractivity contribution in [2.45, 2.75) is 19.4 Å². The Morgan fingerprint density at radius 2 is 1.41 bits per heavy atom. The van der Waals surface area contributed by atoms with E-state index in [1.807, 2.05) is 24.3 Å². The molecular weight excluding hydrogens is 452 g/mol. The smallest absolute Gasteiger partial charge is 0.252 e. The highest BCUT2D eigenvalue weighted by molar-refractivity contribution is 6.31. The van der Waals surface area contributed by atoms with Crippen LogP contribution in [0.5, 0.6) is 0 Å². The summed E-state index contributed by atoms with van der Waals surface area (Å²) in [5.74, 6) is -2.10. The van der Waals surface area contributed by atoms with Crippen LogP contribution in [0.3, 0.4) is 0 Å². The van der Waals surface area contributed by atoms with Crippen LogP contribution in [0.25, 0.3) is 0 Å². The van der Waals surface area contributed by atoms with Crippen LogP contribution < -0.4 is 10.6 Å². The van der Waals surface area contributed by atoms with Crippen molar-refractivity contribution in [2.24, 2.45) is 11.0 Å². The van der Waals surface area contributed by atoms with E-state index in [4.69, 9.17) is 11.6 Å². The van der Waals surface area contributed by atoms with E-state index in [1.54, 1.807) is 67.6 Å². The molecule has 3 aromatic rings. The van der Waals surface area contributed by atoms with E-state index in [2.05, 4.69) is 15.7 Å². The Hall–Kier alpha value is -3.97. The highest BCUT2D eigenvalue weighted by atomic mass is 35.5. The van der Waals surface area contributed by atoms with Crippen molar-refractivity contribution in [3.05, 3.63) is 95.5 Å². The zero-order valence-electron chi connectivity index (χ0n) is 18.4. The van der Waals surface area contributed by atoms with Gasteiger partial charge in [-0.25, -0.2) is 5.01 Å². The van der Waals surface area contributed by atoms with Gasteiger partial charge in [0.1, 0.15) is 12.3 Å². The number of halogens is 1. The second kappa shape index (κ2) is 10.3. The van der Waals surface area contributed by atoms with Crippen molar-refractivity contribution < 1.29 is 14.4 Å². The Labute approximate surface area is 202 Å². The van der Waals surface area contributed by atoms with E-state index < -0.39 is 30.2 Å². The van der Waals surface area contributed by atoms with Crippen molar-refractivity contribution in [1.29, 1.82) is 0 Å². The number of carbonyl (C=O) groups is 3. The minimum Gasteiger partial charge on any atom is -0.326 e. The van der Waals surface area contributed by atoms with Gasteiger partial charge < -0.3 is 10.6 Å². The van der Waals surface area contributed by atoms with Gasteiger partial charge in [-0.15, -0.1) is 0 Å². The molecule has 0 spiro atoms. The molecule has 0 fully saturated rings. The molecule has 7 nitrogen and oxygen atoms in total. The summed E-state index contributed by atoms with van der Waals surface area (Å²) in [6.07, 6.45) is -0.431. The van der Waals surface area contributed by atoms with Crippen molar-refractivity contribution in [3.63, 3.8) is 0 Å². The van der Waals surface area contributed by atoms with E-state index >= 15 is 0 Å². The number of hydrogen-bond acceptors (Lipinski definition) is 4. The van der Waals surface area contributed by atoms with Gasteiger partial charge >= 0.3 is 0 Å². The van der Waals surface area contributed by atoms with Gasteiger partial charge in [0.25, 0.3) is 5.91 Å². The van der Waals surface area contributed by atoms with Crippen molar-refractivity contribution in [3.8, 4) is 0 Å². The highest BCUT2D eigenvalue weighted by Gasteiger charge is 2.44. The summed E-state index contributed by atoms with van der Waals surface area (Å²) in [5, 5.41) is 11.6. The topological polar surface area (TPSA) is 90.9 Å². The van der Waals surface area contributed by atoms with E-state index in [9.17, 15) is 14.4 Å². The summed E-state index contributed by atoms with van der Waals surface area (Å²) in [7, 11) is 0. The van der Waals surface area contributed by atoms with Crippen LogP contribution in [-0.2, 0) is 14.4 Å². The van der Waals surface area contributed by atoms with Gasteiger partial charge in [0.15, 0.2) is 0 Å². The molecular formula is C26H23ClN4O3. The summed E-state index contributed by atoms with van der Waals surface area (Å²) < 4.78 is 0. The van der Waals surface area contributed by atoms with E-state index in [0.717, 1.165) is 0 Å². The number of carbonyl (C=O) groups excluding carboxylic acids is 3. The van der Waals surface area contributed by atoms with Crippen LogP contribution in [0.15, 0.2) is 90.0 Å². The number of nitrogens with zero attached hydrogens (tertiary/aromatic N) is 2. The maximum Gasteiger partial charge on any atom is 0.252 e. The zero-order valence-corrected chi connectivity index (χ0v) is 19.2. The van der Waals surface area contributed by atoms with Gasteiger partial charge in [-0.05, 0) is 42.8 Å². The molecule has 0 radical (unpaired) electrons. The molecule has 0 saturated carbocycles. The third-order valence-corrected chi connectivity index (χ3v) is 5.81. The molecule has 1 aliphatic heterocycles. The predicted molar refractivity (Wildman–Crippen MR) is 132 cm³/mol. The normalized spacial score (nSPS) is 17.1. The highest BCUT2D eigenvalue weighted by Crippen LogP contribution is 2.39. The number of benzene rings is 3. The van der Waals surface area contributed by atoms with Gasteiger partial charge in [-0.2, -0.15) is 5.10 Å². The third-order valence-electron chi connectivity index (χ3n) is 5.47. The van der Waals surface area contributed by atoms with E-state index in [-0.39, 0.29) is 5.91 Å². The molecule has 2 unspecified atom stereocenters. The molecule has 34 heavy (non-hydrogen) atoms. The van der Waals surface area contributed by atoms with Crippen molar-refractivity contribution in [1.82, 2.24) is 5.01 Å². The first-order valence-electron chi connectivity index (χ1n) is 10.8.